The lowest BCUT2D eigenvalue weighted by Gasteiger charge is -2.17. The second-order valence-corrected chi connectivity index (χ2v) is 6.77. The van der Waals surface area contributed by atoms with Crippen molar-refractivity contribution in [2.24, 2.45) is 5.10 Å². The molecule has 0 atom stereocenters. The number of rotatable bonds is 4. The van der Waals surface area contributed by atoms with Gasteiger partial charge in [-0.05, 0) is 31.5 Å². The van der Waals surface area contributed by atoms with Gasteiger partial charge in [0.2, 0.25) is 0 Å². The van der Waals surface area contributed by atoms with Crippen LogP contribution in [0.15, 0.2) is 29.4 Å². The molecule has 0 radical (unpaired) electrons. The maximum absolute atomic E-state index is 13.0. The number of nitrogens with one attached hydrogen (secondary N) is 1. The van der Waals surface area contributed by atoms with E-state index in [1.807, 2.05) is 23.8 Å². The molecule has 4 rings (SSSR count). The van der Waals surface area contributed by atoms with Crippen molar-refractivity contribution in [3.05, 3.63) is 47.2 Å². The second-order valence-electron chi connectivity index (χ2n) is 5.79. The highest BCUT2D eigenvalue weighted by Gasteiger charge is 2.21. The van der Waals surface area contributed by atoms with E-state index < -0.39 is 0 Å². The smallest absolute Gasteiger partial charge is 0.193 e. The fraction of sp³-hybridized carbons (Fsp3) is 0.250. The number of H-pyrrole nitrogens is 1. The summed E-state index contributed by atoms with van der Waals surface area (Å²) in [5, 5.41) is 14.2. The number of aryl methyl sites for hydroxylation is 2. The summed E-state index contributed by atoms with van der Waals surface area (Å²) in [6, 6.07) is 6.46. The predicted molar refractivity (Wildman–Crippen MR) is 94.7 cm³/mol. The molecule has 9 heteroatoms. The third-order valence-electron chi connectivity index (χ3n) is 3.78. The van der Waals surface area contributed by atoms with Gasteiger partial charge in [0.1, 0.15) is 24.6 Å². The van der Waals surface area contributed by atoms with Gasteiger partial charge in [-0.1, -0.05) is 23.5 Å². The van der Waals surface area contributed by atoms with E-state index in [1.54, 1.807) is 18.5 Å². The van der Waals surface area contributed by atoms with Gasteiger partial charge in [-0.3, -0.25) is 15.0 Å². The van der Waals surface area contributed by atoms with Crippen LogP contribution in [0.2, 0.25) is 0 Å². The first-order valence-electron chi connectivity index (χ1n) is 7.75. The average molecular weight is 357 g/mol. The molecular weight excluding hydrogens is 341 g/mol. The summed E-state index contributed by atoms with van der Waals surface area (Å²) in [5.41, 5.74) is 1.90. The van der Waals surface area contributed by atoms with Crippen LogP contribution in [-0.2, 0) is 6.54 Å². The Balaban J connectivity index is 1.47. The van der Waals surface area contributed by atoms with E-state index in [9.17, 15) is 4.39 Å². The van der Waals surface area contributed by atoms with Gasteiger partial charge in [0.25, 0.3) is 0 Å². The molecule has 3 aromatic rings. The number of anilines is 1. The van der Waals surface area contributed by atoms with Crippen LogP contribution in [0.1, 0.15) is 17.1 Å². The number of aromatic amines is 1. The Labute approximate surface area is 147 Å². The van der Waals surface area contributed by atoms with Gasteiger partial charge < -0.3 is 0 Å². The summed E-state index contributed by atoms with van der Waals surface area (Å²) in [6.45, 7) is 5.03. The van der Waals surface area contributed by atoms with Crippen LogP contribution in [0.4, 0.5) is 9.52 Å². The van der Waals surface area contributed by atoms with Crippen molar-refractivity contribution < 1.29 is 4.39 Å². The second kappa shape index (κ2) is 6.25. The summed E-state index contributed by atoms with van der Waals surface area (Å²) in [4.78, 5) is 11.9. The maximum Gasteiger partial charge on any atom is 0.193 e. The Morgan fingerprint density at radius 2 is 2.00 bits per heavy atom. The molecule has 1 aliphatic rings. The van der Waals surface area contributed by atoms with Gasteiger partial charge in [0.05, 0.1) is 17.1 Å². The largest absolute Gasteiger partial charge is 0.287 e. The van der Waals surface area contributed by atoms with Crippen molar-refractivity contribution in [3.8, 4) is 10.7 Å². The normalized spacial score (nSPS) is 13.9. The number of aromatic nitrogens is 4. The highest BCUT2D eigenvalue weighted by atomic mass is 32.1. The van der Waals surface area contributed by atoms with Crippen molar-refractivity contribution in [3.63, 3.8) is 0 Å². The Morgan fingerprint density at radius 3 is 2.72 bits per heavy atom. The van der Waals surface area contributed by atoms with Crippen molar-refractivity contribution in [1.82, 2.24) is 25.2 Å². The zero-order chi connectivity index (χ0) is 17.4. The van der Waals surface area contributed by atoms with E-state index in [0.29, 0.717) is 19.0 Å². The summed E-state index contributed by atoms with van der Waals surface area (Å²) in [7, 11) is 0. The third-order valence-corrected chi connectivity index (χ3v) is 4.97. The van der Waals surface area contributed by atoms with E-state index >= 15 is 0 Å². The quantitative estimate of drug-likeness (QED) is 0.777. The summed E-state index contributed by atoms with van der Waals surface area (Å²) in [5.74, 6) is 1.21. The lowest BCUT2D eigenvalue weighted by Crippen LogP contribution is -2.26. The molecule has 0 unspecified atom stereocenters. The van der Waals surface area contributed by atoms with Gasteiger partial charge in [-0.15, -0.1) is 0 Å². The molecule has 0 saturated heterocycles. The van der Waals surface area contributed by atoms with Crippen LogP contribution in [0.25, 0.3) is 10.7 Å². The van der Waals surface area contributed by atoms with E-state index in [1.165, 1.54) is 23.5 Å². The Morgan fingerprint density at radius 1 is 1.20 bits per heavy atom. The maximum atomic E-state index is 13.0. The molecule has 128 valence electrons. The third kappa shape index (κ3) is 3.22. The van der Waals surface area contributed by atoms with Crippen molar-refractivity contribution in [2.45, 2.75) is 20.4 Å². The van der Waals surface area contributed by atoms with E-state index in [-0.39, 0.29) is 5.82 Å². The first-order valence-corrected chi connectivity index (χ1v) is 8.57. The minimum absolute atomic E-state index is 0.233. The molecule has 25 heavy (non-hydrogen) atoms. The summed E-state index contributed by atoms with van der Waals surface area (Å²) < 4.78 is 13.0. The predicted octanol–water partition coefficient (Wildman–Crippen LogP) is 2.91. The van der Waals surface area contributed by atoms with E-state index in [4.69, 9.17) is 0 Å². The molecule has 0 aliphatic carbocycles. The molecule has 0 fully saturated rings. The highest BCUT2D eigenvalue weighted by Crippen LogP contribution is 2.33. The Hall–Kier alpha value is -2.81. The Bertz CT molecular complexity index is 915. The van der Waals surface area contributed by atoms with Crippen molar-refractivity contribution >= 4 is 22.8 Å². The van der Waals surface area contributed by atoms with E-state index in [0.717, 1.165) is 27.1 Å². The van der Waals surface area contributed by atoms with Crippen molar-refractivity contribution in [2.75, 3.05) is 11.6 Å². The molecule has 0 spiro atoms. The molecule has 1 aliphatic heterocycles. The first kappa shape index (κ1) is 15.7. The molecule has 0 bridgehead atoms. The monoisotopic (exact) mass is 357 g/mol. The van der Waals surface area contributed by atoms with E-state index in [2.05, 4.69) is 25.3 Å². The van der Waals surface area contributed by atoms with Crippen LogP contribution < -0.4 is 4.90 Å². The molecule has 1 N–H and O–H groups in total. The molecular formula is C16H16FN7S. The fourth-order valence-electron chi connectivity index (χ4n) is 2.54. The summed E-state index contributed by atoms with van der Waals surface area (Å²) >= 11 is 1.54. The van der Waals surface area contributed by atoms with Gasteiger partial charge in [0.15, 0.2) is 11.0 Å². The highest BCUT2D eigenvalue weighted by molar-refractivity contribution is 7.19. The molecule has 0 amide bonds. The first-order chi connectivity index (χ1) is 12.1. The number of benzene rings is 1. The topological polar surface area (TPSA) is 73.3 Å². The minimum atomic E-state index is -0.233. The lowest BCUT2D eigenvalue weighted by molar-refractivity contribution is 0.310. The molecule has 3 heterocycles. The van der Waals surface area contributed by atoms with Crippen LogP contribution in [-0.4, -0.2) is 38.2 Å². The van der Waals surface area contributed by atoms with Gasteiger partial charge in [-0.2, -0.15) is 10.2 Å². The van der Waals surface area contributed by atoms with Crippen LogP contribution in [0.3, 0.4) is 0 Å². The Kier molecular flexibility index (Phi) is 3.92. The molecule has 0 saturated carbocycles. The zero-order valence-electron chi connectivity index (χ0n) is 13.8. The summed E-state index contributed by atoms with van der Waals surface area (Å²) in [6.07, 6.45) is 1.76. The van der Waals surface area contributed by atoms with Crippen LogP contribution >= 0.6 is 11.3 Å². The van der Waals surface area contributed by atoms with Gasteiger partial charge >= 0.3 is 0 Å². The van der Waals surface area contributed by atoms with Crippen molar-refractivity contribution in [1.29, 1.82) is 0 Å². The zero-order valence-corrected chi connectivity index (χ0v) is 14.6. The van der Waals surface area contributed by atoms with Crippen LogP contribution in [0.5, 0.6) is 0 Å². The lowest BCUT2D eigenvalue weighted by atomic mass is 10.2. The molecule has 7 nitrogen and oxygen atoms in total. The number of thiazole rings is 1. The number of hydrogen-bond donors (Lipinski definition) is 1. The number of nitrogens with zero attached hydrogens (tertiary/aromatic N) is 6. The molecule has 2 aromatic heterocycles. The van der Waals surface area contributed by atoms with Gasteiger partial charge in [0, 0.05) is 0 Å². The van der Waals surface area contributed by atoms with Gasteiger partial charge in [-0.25, -0.2) is 14.4 Å². The molecule has 1 aromatic carbocycles. The minimum Gasteiger partial charge on any atom is -0.287 e. The fourth-order valence-corrected chi connectivity index (χ4v) is 3.51. The standard InChI is InChI=1S/C16H16FN7S/c1-10-14(15-20-11(2)21-22-15)25-16(19-10)23-8-18-24(9-23)7-12-3-5-13(17)6-4-12/h3-6,8H,7,9H2,1-2H3,(H,20,21,22). The number of hydrazone groups is 1. The number of halogens is 1. The van der Waals surface area contributed by atoms with Crippen LogP contribution in [0, 0.1) is 19.7 Å². The SMILES string of the molecule is Cc1nc(-c2sc(N3C=NN(Cc4ccc(F)cc4)C3)nc2C)n[nH]1. The average Bonchev–Trinajstić information content (AvgIpc) is 3.30. The number of hydrogen-bond acceptors (Lipinski definition) is 7.